The molecule has 0 atom stereocenters. The number of hydrogen-bond donors (Lipinski definition) is 0. The minimum absolute atomic E-state index is 0.278. The van der Waals surface area contributed by atoms with Gasteiger partial charge in [-0.2, -0.15) is 5.10 Å². The first kappa shape index (κ1) is 18.2. The number of aryl methyl sites for hydroxylation is 1. The van der Waals surface area contributed by atoms with Crippen LogP contribution in [0.2, 0.25) is 0 Å². The molecule has 148 valence electrons. The summed E-state index contributed by atoms with van der Waals surface area (Å²) in [6.45, 7) is 2.88. The molecule has 0 fully saturated rings. The van der Waals surface area contributed by atoms with Crippen molar-refractivity contribution in [2.45, 2.75) is 19.9 Å². The lowest BCUT2D eigenvalue weighted by Crippen LogP contribution is -1.96. The molecule has 5 rings (SSSR count). The largest absolute Gasteiger partial charge is 0.438 e. The van der Waals surface area contributed by atoms with Crippen LogP contribution >= 0.6 is 0 Å². The lowest BCUT2D eigenvalue weighted by atomic mass is 10.0. The van der Waals surface area contributed by atoms with Crippen LogP contribution in [0.3, 0.4) is 0 Å². The zero-order chi connectivity index (χ0) is 20.5. The molecule has 0 unspecified atom stereocenters. The highest BCUT2D eigenvalue weighted by molar-refractivity contribution is 5.95. The first-order chi connectivity index (χ1) is 14.7. The van der Waals surface area contributed by atoms with Gasteiger partial charge in [-0.15, -0.1) is 0 Å². The lowest BCUT2D eigenvalue weighted by molar-refractivity contribution is 0.604. The molecule has 5 aromatic rings. The minimum atomic E-state index is -0.278. The maximum atomic E-state index is 13.5. The molecule has 0 aliphatic carbocycles. The van der Waals surface area contributed by atoms with Crippen molar-refractivity contribution in [2.24, 2.45) is 0 Å². The lowest BCUT2D eigenvalue weighted by Gasteiger charge is -2.03. The van der Waals surface area contributed by atoms with E-state index in [1.165, 1.54) is 18.5 Å². The van der Waals surface area contributed by atoms with Crippen LogP contribution in [0, 0.1) is 5.82 Å². The second-order valence-electron chi connectivity index (χ2n) is 7.08. The molecule has 0 spiro atoms. The fraction of sp³-hybridized carbons (Fsp3) is 0.125. The fourth-order valence-corrected chi connectivity index (χ4v) is 3.57. The summed E-state index contributed by atoms with van der Waals surface area (Å²) in [6, 6.07) is 18.2. The van der Waals surface area contributed by atoms with Gasteiger partial charge in [0.05, 0.1) is 11.1 Å². The quantitative estimate of drug-likeness (QED) is 0.366. The van der Waals surface area contributed by atoms with Crippen molar-refractivity contribution in [3.63, 3.8) is 0 Å². The third-order valence-electron chi connectivity index (χ3n) is 4.97. The number of rotatable bonds is 5. The van der Waals surface area contributed by atoms with Crippen molar-refractivity contribution in [1.29, 1.82) is 0 Å². The van der Waals surface area contributed by atoms with E-state index >= 15 is 0 Å². The van der Waals surface area contributed by atoms with Crippen molar-refractivity contribution in [3.8, 4) is 33.8 Å². The third-order valence-corrected chi connectivity index (χ3v) is 4.97. The summed E-state index contributed by atoms with van der Waals surface area (Å²) in [5.74, 6) is 0.455. The SMILES string of the molecule is CCCn1cc(-c2ncnc3oc(-c4ccccc4)cc23)c(-c2ccc(F)cc2)n1. The Morgan fingerprint density at radius 2 is 1.73 bits per heavy atom. The van der Waals surface area contributed by atoms with E-state index in [1.54, 1.807) is 12.1 Å². The summed E-state index contributed by atoms with van der Waals surface area (Å²) in [6.07, 6.45) is 4.44. The van der Waals surface area contributed by atoms with Gasteiger partial charge in [0.2, 0.25) is 5.71 Å². The molecule has 0 aliphatic heterocycles. The Hall–Kier alpha value is -3.80. The van der Waals surface area contributed by atoms with Crippen LogP contribution in [0.5, 0.6) is 0 Å². The van der Waals surface area contributed by atoms with Gasteiger partial charge in [-0.1, -0.05) is 37.3 Å². The van der Waals surface area contributed by atoms with E-state index in [0.717, 1.165) is 52.2 Å². The standard InChI is InChI=1S/C24H19FN4O/c1-2-12-29-14-20(22(28-29)17-8-10-18(25)11-9-17)23-19-13-21(16-6-4-3-5-7-16)30-24(19)27-15-26-23/h3-11,13-15H,2,12H2,1H3. The summed E-state index contributed by atoms with van der Waals surface area (Å²) in [7, 11) is 0. The average Bonchev–Trinajstić information content (AvgIpc) is 3.39. The number of benzene rings is 2. The normalized spacial score (nSPS) is 11.3. The minimum Gasteiger partial charge on any atom is -0.438 e. The molecule has 2 aromatic carbocycles. The monoisotopic (exact) mass is 398 g/mol. The van der Waals surface area contributed by atoms with Gasteiger partial charge >= 0.3 is 0 Å². The summed E-state index contributed by atoms with van der Waals surface area (Å²) < 4.78 is 21.4. The van der Waals surface area contributed by atoms with Crippen LogP contribution in [-0.4, -0.2) is 19.7 Å². The van der Waals surface area contributed by atoms with E-state index in [0.29, 0.717) is 5.71 Å². The third kappa shape index (κ3) is 3.26. The van der Waals surface area contributed by atoms with Crippen molar-refractivity contribution in [1.82, 2.24) is 19.7 Å². The first-order valence-corrected chi connectivity index (χ1v) is 9.86. The van der Waals surface area contributed by atoms with E-state index in [9.17, 15) is 4.39 Å². The molecule has 30 heavy (non-hydrogen) atoms. The highest BCUT2D eigenvalue weighted by Crippen LogP contribution is 2.36. The Kier molecular flexibility index (Phi) is 4.59. The van der Waals surface area contributed by atoms with E-state index < -0.39 is 0 Å². The van der Waals surface area contributed by atoms with E-state index in [4.69, 9.17) is 9.52 Å². The second-order valence-corrected chi connectivity index (χ2v) is 7.08. The predicted molar refractivity (Wildman–Crippen MR) is 114 cm³/mol. The molecule has 0 saturated heterocycles. The van der Waals surface area contributed by atoms with Crippen LogP contribution in [0.25, 0.3) is 44.9 Å². The first-order valence-electron chi connectivity index (χ1n) is 9.86. The van der Waals surface area contributed by atoms with Crippen molar-refractivity contribution in [2.75, 3.05) is 0 Å². The van der Waals surface area contributed by atoms with Gasteiger partial charge in [0.25, 0.3) is 0 Å². The molecular weight excluding hydrogens is 379 g/mol. The molecule has 3 aromatic heterocycles. The second kappa shape index (κ2) is 7.55. The molecule has 0 aliphatic rings. The van der Waals surface area contributed by atoms with Gasteiger partial charge in [0, 0.05) is 29.4 Å². The smallest absolute Gasteiger partial charge is 0.230 e. The maximum Gasteiger partial charge on any atom is 0.230 e. The Labute approximate surface area is 172 Å². The molecule has 6 heteroatoms. The highest BCUT2D eigenvalue weighted by Gasteiger charge is 2.19. The van der Waals surface area contributed by atoms with Crippen LogP contribution < -0.4 is 0 Å². The fourth-order valence-electron chi connectivity index (χ4n) is 3.57. The summed E-state index contributed by atoms with van der Waals surface area (Å²) >= 11 is 0. The predicted octanol–water partition coefficient (Wildman–Crippen LogP) is 5.97. The van der Waals surface area contributed by atoms with Crippen LogP contribution in [0.1, 0.15) is 13.3 Å². The number of furan rings is 1. The zero-order valence-corrected chi connectivity index (χ0v) is 16.4. The van der Waals surface area contributed by atoms with Crippen molar-refractivity contribution in [3.05, 3.63) is 79.0 Å². The Bertz CT molecular complexity index is 1310. The van der Waals surface area contributed by atoms with Gasteiger partial charge < -0.3 is 4.42 Å². The molecule has 0 saturated carbocycles. The summed E-state index contributed by atoms with van der Waals surface area (Å²) in [5, 5.41) is 5.57. The zero-order valence-electron chi connectivity index (χ0n) is 16.4. The van der Waals surface area contributed by atoms with Crippen LogP contribution in [0.4, 0.5) is 4.39 Å². The molecule has 0 radical (unpaired) electrons. The topological polar surface area (TPSA) is 56.7 Å². The van der Waals surface area contributed by atoms with E-state index in [-0.39, 0.29) is 5.82 Å². The maximum absolute atomic E-state index is 13.5. The molecule has 0 bridgehead atoms. The Balaban J connectivity index is 1.70. The number of aromatic nitrogens is 4. The molecule has 0 N–H and O–H groups in total. The highest BCUT2D eigenvalue weighted by atomic mass is 19.1. The number of hydrogen-bond acceptors (Lipinski definition) is 4. The van der Waals surface area contributed by atoms with Gasteiger partial charge in [-0.25, -0.2) is 14.4 Å². The van der Waals surface area contributed by atoms with Crippen LogP contribution in [0.15, 0.2) is 77.6 Å². The van der Waals surface area contributed by atoms with Gasteiger partial charge in [-0.05, 0) is 36.8 Å². The van der Waals surface area contributed by atoms with Gasteiger partial charge in [0.15, 0.2) is 0 Å². The molecule has 5 nitrogen and oxygen atoms in total. The summed E-state index contributed by atoms with van der Waals surface area (Å²) in [4.78, 5) is 8.88. The van der Waals surface area contributed by atoms with Gasteiger partial charge in [0.1, 0.15) is 23.6 Å². The van der Waals surface area contributed by atoms with E-state index in [1.807, 2.05) is 47.3 Å². The van der Waals surface area contributed by atoms with Gasteiger partial charge in [-0.3, -0.25) is 4.68 Å². The van der Waals surface area contributed by atoms with Crippen molar-refractivity contribution < 1.29 is 8.81 Å². The Morgan fingerprint density at radius 3 is 2.50 bits per heavy atom. The van der Waals surface area contributed by atoms with Crippen LogP contribution in [-0.2, 0) is 6.54 Å². The number of fused-ring (bicyclic) bond motifs is 1. The van der Waals surface area contributed by atoms with Crippen molar-refractivity contribution >= 4 is 11.1 Å². The molecule has 0 amide bonds. The number of halogens is 1. The number of nitrogens with zero attached hydrogens (tertiary/aromatic N) is 4. The Morgan fingerprint density at radius 1 is 0.933 bits per heavy atom. The molecular formula is C24H19FN4O. The van der Waals surface area contributed by atoms with E-state index in [2.05, 4.69) is 16.9 Å². The molecule has 3 heterocycles. The average molecular weight is 398 g/mol. The summed E-state index contributed by atoms with van der Waals surface area (Å²) in [5.41, 5.74) is 4.69.